The molecule has 20 heavy (non-hydrogen) atoms. The van der Waals surface area contributed by atoms with E-state index in [0.29, 0.717) is 5.92 Å². The Labute approximate surface area is 118 Å². The van der Waals surface area contributed by atoms with Crippen molar-refractivity contribution in [3.05, 3.63) is 40.7 Å². The average molecular weight is 271 g/mol. The van der Waals surface area contributed by atoms with Crippen LogP contribution < -0.4 is 16.2 Å². The first-order valence-corrected chi connectivity index (χ1v) is 7.35. The highest BCUT2D eigenvalue weighted by atomic mass is 16.1. The summed E-state index contributed by atoms with van der Waals surface area (Å²) in [5.41, 5.74) is 5.66. The van der Waals surface area contributed by atoms with Crippen LogP contribution >= 0.6 is 0 Å². The highest BCUT2D eigenvalue weighted by Gasteiger charge is 2.20. The molecule has 2 aromatic rings. The highest BCUT2D eigenvalue weighted by Crippen LogP contribution is 2.24. The van der Waals surface area contributed by atoms with Crippen molar-refractivity contribution in [2.24, 2.45) is 11.7 Å². The Bertz CT molecular complexity index is 647. The fraction of sp³-hybridized carbons (Fsp3) is 0.438. The third kappa shape index (κ3) is 2.56. The summed E-state index contributed by atoms with van der Waals surface area (Å²) in [6.45, 7) is 2.74. The lowest BCUT2D eigenvalue weighted by molar-refractivity contribution is 0.394. The van der Waals surface area contributed by atoms with Crippen LogP contribution in [0.15, 0.2) is 35.1 Å². The van der Waals surface area contributed by atoms with Crippen molar-refractivity contribution in [1.29, 1.82) is 0 Å². The van der Waals surface area contributed by atoms with Crippen LogP contribution in [0.2, 0.25) is 0 Å². The Morgan fingerprint density at radius 3 is 3.05 bits per heavy atom. The lowest BCUT2D eigenvalue weighted by Crippen LogP contribution is -2.37. The van der Waals surface area contributed by atoms with E-state index < -0.39 is 0 Å². The number of benzene rings is 1. The molecular weight excluding hydrogens is 250 g/mol. The van der Waals surface area contributed by atoms with Gasteiger partial charge in [-0.15, -0.1) is 0 Å². The number of nitrogens with one attached hydrogen (secondary N) is 1. The van der Waals surface area contributed by atoms with Crippen molar-refractivity contribution in [1.82, 2.24) is 4.98 Å². The zero-order chi connectivity index (χ0) is 13.9. The number of aromatic amines is 1. The van der Waals surface area contributed by atoms with Gasteiger partial charge in [-0.05, 0) is 49.2 Å². The fourth-order valence-electron chi connectivity index (χ4n) is 3.12. The number of piperidine rings is 1. The molecule has 1 saturated heterocycles. The molecule has 0 radical (unpaired) electrons. The molecule has 0 bridgehead atoms. The Kier molecular flexibility index (Phi) is 3.74. The molecule has 0 aliphatic carbocycles. The van der Waals surface area contributed by atoms with Crippen molar-refractivity contribution < 1.29 is 0 Å². The van der Waals surface area contributed by atoms with E-state index >= 15 is 0 Å². The maximum absolute atomic E-state index is 12.1. The van der Waals surface area contributed by atoms with Gasteiger partial charge in [0.05, 0.1) is 0 Å². The largest absolute Gasteiger partial charge is 0.358 e. The van der Waals surface area contributed by atoms with E-state index in [-0.39, 0.29) is 5.56 Å². The third-order valence-electron chi connectivity index (χ3n) is 4.17. The molecule has 1 atom stereocenters. The Hall–Kier alpha value is -1.81. The van der Waals surface area contributed by atoms with Crippen molar-refractivity contribution in [3.63, 3.8) is 0 Å². The van der Waals surface area contributed by atoms with Crippen LogP contribution in [0.4, 0.5) is 5.82 Å². The molecule has 2 heterocycles. The molecule has 1 aliphatic rings. The van der Waals surface area contributed by atoms with Crippen LogP contribution in [0.25, 0.3) is 10.8 Å². The maximum atomic E-state index is 12.1. The Morgan fingerprint density at radius 1 is 1.35 bits per heavy atom. The number of hydrogen-bond donors (Lipinski definition) is 2. The fourth-order valence-corrected chi connectivity index (χ4v) is 3.12. The molecule has 0 spiro atoms. The first kappa shape index (κ1) is 13.2. The SMILES string of the molecule is NCCC1CCCN(c2cc3ccccc3c(=O)[nH]2)C1. The smallest absolute Gasteiger partial charge is 0.257 e. The molecule has 3 N–H and O–H groups in total. The van der Waals surface area contributed by atoms with Gasteiger partial charge in [-0.2, -0.15) is 0 Å². The molecule has 0 saturated carbocycles. The zero-order valence-corrected chi connectivity index (χ0v) is 11.6. The minimum absolute atomic E-state index is 0.000881. The second kappa shape index (κ2) is 5.67. The number of rotatable bonds is 3. The normalized spacial score (nSPS) is 19.4. The second-order valence-corrected chi connectivity index (χ2v) is 5.60. The summed E-state index contributed by atoms with van der Waals surface area (Å²) in [5.74, 6) is 1.58. The summed E-state index contributed by atoms with van der Waals surface area (Å²) >= 11 is 0. The Morgan fingerprint density at radius 2 is 2.20 bits per heavy atom. The molecule has 4 nitrogen and oxygen atoms in total. The number of anilines is 1. The first-order valence-electron chi connectivity index (χ1n) is 7.35. The van der Waals surface area contributed by atoms with Gasteiger partial charge in [0.1, 0.15) is 5.82 Å². The number of aromatic nitrogens is 1. The quantitative estimate of drug-likeness (QED) is 0.898. The van der Waals surface area contributed by atoms with Gasteiger partial charge in [0.25, 0.3) is 5.56 Å². The first-order chi connectivity index (χ1) is 9.78. The molecule has 0 amide bonds. The summed E-state index contributed by atoms with van der Waals surface area (Å²) in [4.78, 5) is 17.5. The second-order valence-electron chi connectivity index (χ2n) is 5.60. The van der Waals surface area contributed by atoms with Crippen molar-refractivity contribution in [2.45, 2.75) is 19.3 Å². The summed E-state index contributed by atoms with van der Waals surface area (Å²) in [7, 11) is 0. The van der Waals surface area contributed by atoms with Gasteiger partial charge in [0, 0.05) is 18.5 Å². The van der Waals surface area contributed by atoms with Crippen molar-refractivity contribution >= 4 is 16.6 Å². The van der Waals surface area contributed by atoms with Crippen molar-refractivity contribution in [2.75, 3.05) is 24.5 Å². The minimum Gasteiger partial charge on any atom is -0.358 e. The number of fused-ring (bicyclic) bond motifs is 1. The van der Waals surface area contributed by atoms with E-state index in [2.05, 4.69) is 16.0 Å². The van der Waals surface area contributed by atoms with E-state index in [4.69, 9.17) is 5.73 Å². The molecule has 1 fully saturated rings. The van der Waals surface area contributed by atoms with Crippen molar-refractivity contribution in [3.8, 4) is 0 Å². The van der Waals surface area contributed by atoms with E-state index in [0.717, 1.165) is 42.6 Å². The highest BCUT2D eigenvalue weighted by molar-refractivity contribution is 5.83. The van der Waals surface area contributed by atoms with Gasteiger partial charge in [-0.1, -0.05) is 18.2 Å². The molecule has 1 aliphatic heterocycles. The maximum Gasteiger partial charge on any atom is 0.257 e. The molecule has 106 valence electrons. The number of pyridine rings is 1. The topological polar surface area (TPSA) is 62.1 Å². The van der Waals surface area contributed by atoms with Gasteiger partial charge in [0.2, 0.25) is 0 Å². The van der Waals surface area contributed by atoms with Gasteiger partial charge in [0.15, 0.2) is 0 Å². The molecule has 3 rings (SSSR count). The zero-order valence-electron chi connectivity index (χ0n) is 11.6. The summed E-state index contributed by atoms with van der Waals surface area (Å²) < 4.78 is 0. The van der Waals surface area contributed by atoms with Crippen LogP contribution in [0.1, 0.15) is 19.3 Å². The van der Waals surface area contributed by atoms with Crippen LogP contribution in [0.3, 0.4) is 0 Å². The van der Waals surface area contributed by atoms with Gasteiger partial charge >= 0.3 is 0 Å². The van der Waals surface area contributed by atoms with E-state index in [1.165, 1.54) is 12.8 Å². The molecule has 1 unspecified atom stereocenters. The van der Waals surface area contributed by atoms with Crippen LogP contribution in [-0.4, -0.2) is 24.6 Å². The number of nitrogens with zero attached hydrogens (tertiary/aromatic N) is 1. The number of hydrogen-bond acceptors (Lipinski definition) is 3. The number of H-pyrrole nitrogens is 1. The molecule has 1 aromatic heterocycles. The summed E-state index contributed by atoms with van der Waals surface area (Å²) in [5, 5.41) is 1.76. The molecular formula is C16H21N3O. The monoisotopic (exact) mass is 271 g/mol. The lowest BCUT2D eigenvalue weighted by atomic mass is 9.95. The van der Waals surface area contributed by atoms with E-state index in [9.17, 15) is 4.79 Å². The van der Waals surface area contributed by atoms with Crippen LogP contribution in [0.5, 0.6) is 0 Å². The van der Waals surface area contributed by atoms with Crippen LogP contribution in [0, 0.1) is 5.92 Å². The lowest BCUT2D eigenvalue weighted by Gasteiger charge is -2.34. The Balaban J connectivity index is 1.92. The van der Waals surface area contributed by atoms with E-state index in [1.807, 2.05) is 24.3 Å². The van der Waals surface area contributed by atoms with E-state index in [1.54, 1.807) is 0 Å². The minimum atomic E-state index is -0.000881. The predicted molar refractivity (Wildman–Crippen MR) is 83.2 cm³/mol. The summed E-state index contributed by atoms with van der Waals surface area (Å²) in [6.07, 6.45) is 3.47. The summed E-state index contributed by atoms with van der Waals surface area (Å²) in [6, 6.07) is 9.82. The van der Waals surface area contributed by atoms with Crippen LogP contribution in [-0.2, 0) is 0 Å². The number of nitrogens with two attached hydrogens (primary N) is 1. The predicted octanol–water partition coefficient (Wildman–Crippen LogP) is 2.09. The van der Waals surface area contributed by atoms with Gasteiger partial charge < -0.3 is 15.6 Å². The standard InChI is InChI=1S/C16H21N3O/c17-8-7-12-4-3-9-19(11-12)15-10-13-5-1-2-6-14(13)16(20)18-15/h1-2,5-6,10,12H,3-4,7-9,11,17H2,(H,18,20). The van der Waals surface area contributed by atoms with Gasteiger partial charge in [-0.3, -0.25) is 4.79 Å². The molecule has 4 heteroatoms. The molecule has 1 aromatic carbocycles. The third-order valence-corrected chi connectivity index (χ3v) is 4.17. The van der Waals surface area contributed by atoms with Gasteiger partial charge in [-0.25, -0.2) is 0 Å². The average Bonchev–Trinajstić information content (AvgIpc) is 2.48.